The number of fused-ring (bicyclic) bond motifs is 1. The van der Waals surface area contributed by atoms with Crippen LogP contribution in [0, 0.1) is 16.0 Å². The fraction of sp³-hybridized carbons (Fsp3) is 0.167. The third-order valence-electron chi connectivity index (χ3n) is 5.95. The zero-order chi connectivity index (χ0) is 24.0. The molecule has 0 N–H and O–H groups in total. The molecule has 2 amide bonds. The molecule has 9 nitrogen and oxygen atoms in total. The SMILES string of the molecule is COc1cccc(N2C(=O)[C@@H]3[C@@H](ON(c4ccccc4)[C@H]3c3ccc(Cl)c([N+](=O)[O-])c3)C2=O)c1. The molecule has 0 radical (unpaired) electrons. The minimum absolute atomic E-state index is 0.0256. The Morgan fingerprint density at radius 3 is 2.41 bits per heavy atom. The van der Waals surface area contributed by atoms with E-state index in [1.165, 1.54) is 24.3 Å². The van der Waals surface area contributed by atoms with Crippen molar-refractivity contribution in [2.75, 3.05) is 17.1 Å². The molecule has 0 saturated carbocycles. The summed E-state index contributed by atoms with van der Waals surface area (Å²) in [6.07, 6.45) is -1.10. The van der Waals surface area contributed by atoms with Crippen LogP contribution in [0.15, 0.2) is 72.8 Å². The Balaban J connectivity index is 1.61. The lowest BCUT2D eigenvalue weighted by atomic mass is 9.90. The van der Waals surface area contributed by atoms with Crippen molar-refractivity contribution in [3.05, 3.63) is 93.5 Å². The predicted octanol–water partition coefficient (Wildman–Crippen LogP) is 4.31. The molecule has 2 heterocycles. The number of nitro benzene ring substituents is 1. The Morgan fingerprint density at radius 1 is 0.971 bits per heavy atom. The molecule has 3 aromatic carbocycles. The van der Waals surface area contributed by atoms with Crippen molar-refractivity contribution in [2.45, 2.75) is 12.1 Å². The Labute approximate surface area is 199 Å². The number of ether oxygens (including phenoxy) is 1. The van der Waals surface area contributed by atoms with Crippen LogP contribution in [0.4, 0.5) is 17.1 Å². The number of amides is 2. The van der Waals surface area contributed by atoms with Crippen LogP contribution in [0.1, 0.15) is 11.6 Å². The summed E-state index contributed by atoms with van der Waals surface area (Å²) in [7, 11) is 1.49. The number of imide groups is 1. The van der Waals surface area contributed by atoms with Crippen molar-refractivity contribution in [1.29, 1.82) is 0 Å². The Morgan fingerprint density at radius 2 is 1.71 bits per heavy atom. The van der Waals surface area contributed by atoms with Crippen molar-refractivity contribution in [3.8, 4) is 5.75 Å². The summed E-state index contributed by atoms with van der Waals surface area (Å²) >= 11 is 6.02. The molecule has 2 aliphatic rings. The van der Waals surface area contributed by atoms with Crippen molar-refractivity contribution >= 4 is 40.5 Å². The van der Waals surface area contributed by atoms with Crippen molar-refractivity contribution in [3.63, 3.8) is 0 Å². The number of hydrogen-bond donors (Lipinski definition) is 0. The molecule has 2 aliphatic heterocycles. The lowest BCUT2D eigenvalue weighted by Gasteiger charge is -2.28. The monoisotopic (exact) mass is 479 g/mol. The standard InChI is InChI=1S/C24H18ClN3O6/c1-33-17-9-5-8-16(13-17)26-23(29)20-21(14-10-11-18(25)19(12-14)28(31)32)27(34-22(20)24(26)30)15-6-3-2-4-7-15/h2-13,20-22H,1H3/t20-,21-,22+/m0/s1. The van der Waals surface area contributed by atoms with Crippen LogP contribution in [-0.2, 0) is 14.4 Å². The molecule has 0 unspecified atom stereocenters. The van der Waals surface area contributed by atoms with Gasteiger partial charge < -0.3 is 4.74 Å². The summed E-state index contributed by atoms with van der Waals surface area (Å²) in [4.78, 5) is 45.1. The number of carbonyl (C=O) groups is 2. The van der Waals surface area contributed by atoms with E-state index in [1.807, 2.05) is 6.07 Å². The van der Waals surface area contributed by atoms with Crippen LogP contribution in [0.25, 0.3) is 0 Å². The number of halogens is 1. The van der Waals surface area contributed by atoms with Gasteiger partial charge in [0, 0.05) is 12.1 Å². The van der Waals surface area contributed by atoms with Gasteiger partial charge in [0.15, 0.2) is 6.10 Å². The van der Waals surface area contributed by atoms with Gasteiger partial charge in [0.1, 0.15) is 16.7 Å². The van der Waals surface area contributed by atoms with Crippen molar-refractivity contribution in [1.82, 2.24) is 0 Å². The fourth-order valence-corrected chi connectivity index (χ4v) is 4.60. The van der Waals surface area contributed by atoms with Gasteiger partial charge in [0.25, 0.3) is 11.6 Å². The van der Waals surface area contributed by atoms with Crippen molar-refractivity contribution < 1.29 is 24.1 Å². The lowest BCUT2D eigenvalue weighted by molar-refractivity contribution is -0.384. The van der Waals surface area contributed by atoms with Crippen LogP contribution in [-0.4, -0.2) is 30.0 Å². The topological polar surface area (TPSA) is 102 Å². The quantitative estimate of drug-likeness (QED) is 0.305. The lowest BCUT2D eigenvalue weighted by Crippen LogP contribution is -2.37. The summed E-state index contributed by atoms with van der Waals surface area (Å²) in [5, 5.41) is 13.0. The molecular formula is C24H18ClN3O6. The number of anilines is 2. The molecule has 3 atom stereocenters. The third kappa shape index (κ3) is 3.46. The van der Waals surface area contributed by atoms with E-state index in [4.69, 9.17) is 21.2 Å². The zero-order valence-electron chi connectivity index (χ0n) is 17.8. The first-order valence-corrected chi connectivity index (χ1v) is 10.8. The first kappa shape index (κ1) is 21.9. The van der Waals surface area contributed by atoms with E-state index in [2.05, 4.69) is 0 Å². The molecule has 172 valence electrons. The van der Waals surface area contributed by atoms with Crippen LogP contribution < -0.4 is 14.7 Å². The zero-order valence-corrected chi connectivity index (χ0v) is 18.6. The van der Waals surface area contributed by atoms with E-state index >= 15 is 0 Å². The second-order valence-corrected chi connectivity index (χ2v) is 8.25. The number of nitrogens with zero attached hydrogens (tertiary/aromatic N) is 3. The van der Waals surface area contributed by atoms with Gasteiger partial charge in [0.05, 0.1) is 29.4 Å². The molecule has 5 rings (SSSR count). The number of carbonyl (C=O) groups excluding carboxylic acids is 2. The maximum atomic E-state index is 13.6. The van der Waals surface area contributed by atoms with Crippen LogP contribution in [0.5, 0.6) is 5.75 Å². The average molecular weight is 480 g/mol. The maximum Gasteiger partial charge on any atom is 0.288 e. The van der Waals surface area contributed by atoms with Gasteiger partial charge in [-0.05, 0) is 35.9 Å². The molecule has 0 aliphatic carbocycles. The first-order valence-electron chi connectivity index (χ1n) is 10.4. The minimum Gasteiger partial charge on any atom is -0.497 e. The number of nitro groups is 1. The number of hydrogen-bond acceptors (Lipinski definition) is 7. The second kappa shape index (κ2) is 8.44. The van der Waals surface area contributed by atoms with E-state index < -0.39 is 34.8 Å². The normalized spacial score (nSPS) is 21.6. The number of para-hydroxylation sites is 1. The molecule has 0 aromatic heterocycles. The summed E-state index contributed by atoms with van der Waals surface area (Å²) < 4.78 is 5.23. The minimum atomic E-state index is -1.10. The number of hydroxylamine groups is 1. The van der Waals surface area contributed by atoms with Gasteiger partial charge in [0.2, 0.25) is 5.91 Å². The van der Waals surface area contributed by atoms with Crippen molar-refractivity contribution in [2.24, 2.45) is 5.92 Å². The number of methoxy groups -OCH3 is 1. The molecule has 0 spiro atoms. The summed E-state index contributed by atoms with van der Waals surface area (Å²) in [6.45, 7) is 0. The van der Waals surface area contributed by atoms with E-state index in [1.54, 1.807) is 54.6 Å². The van der Waals surface area contributed by atoms with E-state index in [0.29, 0.717) is 22.7 Å². The number of rotatable bonds is 5. The summed E-state index contributed by atoms with van der Waals surface area (Å²) in [5.41, 5.74) is 1.10. The predicted molar refractivity (Wildman–Crippen MR) is 124 cm³/mol. The Kier molecular flexibility index (Phi) is 5.43. The molecule has 3 aromatic rings. The highest BCUT2D eigenvalue weighted by molar-refractivity contribution is 6.32. The highest BCUT2D eigenvalue weighted by Crippen LogP contribution is 2.48. The summed E-state index contributed by atoms with van der Waals surface area (Å²) in [6, 6.07) is 19.1. The van der Waals surface area contributed by atoms with Crippen LogP contribution in [0.3, 0.4) is 0 Å². The average Bonchev–Trinajstić information content (AvgIpc) is 3.35. The molecule has 2 saturated heterocycles. The highest BCUT2D eigenvalue weighted by atomic mass is 35.5. The van der Waals surface area contributed by atoms with E-state index in [0.717, 1.165) is 4.90 Å². The van der Waals surface area contributed by atoms with Gasteiger partial charge in [-0.25, -0.2) is 9.96 Å². The smallest absolute Gasteiger partial charge is 0.288 e. The fourth-order valence-electron chi connectivity index (χ4n) is 4.41. The van der Waals surface area contributed by atoms with Crippen LogP contribution in [0.2, 0.25) is 5.02 Å². The highest BCUT2D eigenvalue weighted by Gasteiger charge is 2.60. The molecular weight excluding hydrogens is 462 g/mol. The molecule has 0 bridgehead atoms. The largest absolute Gasteiger partial charge is 0.497 e. The Bertz CT molecular complexity index is 1300. The van der Waals surface area contributed by atoms with Gasteiger partial charge >= 0.3 is 0 Å². The van der Waals surface area contributed by atoms with Gasteiger partial charge in [-0.1, -0.05) is 41.9 Å². The second-order valence-electron chi connectivity index (χ2n) is 7.84. The summed E-state index contributed by atoms with van der Waals surface area (Å²) in [5.74, 6) is -1.43. The van der Waals surface area contributed by atoms with Gasteiger partial charge in [-0.15, -0.1) is 0 Å². The van der Waals surface area contributed by atoms with Crippen LogP contribution >= 0.6 is 11.6 Å². The maximum absolute atomic E-state index is 13.6. The molecule has 2 fully saturated rings. The number of benzene rings is 3. The van der Waals surface area contributed by atoms with Gasteiger partial charge in [-0.3, -0.25) is 24.5 Å². The Hall–Kier alpha value is -3.95. The molecule has 10 heteroatoms. The van der Waals surface area contributed by atoms with E-state index in [-0.39, 0.29) is 10.7 Å². The first-order chi connectivity index (χ1) is 16.4. The third-order valence-corrected chi connectivity index (χ3v) is 6.27. The van der Waals surface area contributed by atoms with Gasteiger partial charge in [-0.2, -0.15) is 0 Å². The van der Waals surface area contributed by atoms with E-state index in [9.17, 15) is 19.7 Å². The molecule has 34 heavy (non-hydrogen) atoms.